The van der Waals surface area contributed by atoms with Crippen LogP contribution >= 0.6 is 0 Å². The lowest BCUT2D eigenvalue weighted by molar-refractivity contribution is -0.119. The molecular formula is C30H23N3O5. The van der Waals surface area contributed by atoms with Gasteiger partial charge in [0, 0.05) is 11.6 Å². The number of fused-ring (bicyclic) bond motifs is 2. The first-order valence-corrected chi connectivity index (χ1v) is 12.0. The smallest absolute Gasteiger partial charge is 0.338 e. The normalized spacial score (nSPS) is 13.5. The average molecular weight is 506 g/mol. The van der Waals surface area contributed by atoms with Gasteiger partial charge in [-0.3, -0.25) is 24.3 Å². The molecule has 0 saturated heterocycles. The Kier molecular flexibility index (Phi) is 7.04. The van der Waals surface area contributed by atoms with Crippen molar-refractivity contribution in [2.24, 2.45) is 0 Å². The van der Waals surface area contributed by atoms with Gasteiger partial charge in [0.25, 0.3) is 11.8 Å². The van der Waals surface area contributed by atoms with E-state index in [4.69, 9.17) is 4.74 Å². The van der Waals surface area contributed by atoms with Crippen LogP contribution in [0.4, 0.5) is 5.69 Å². The molecule has 3 aromatic carbocycles. The minimum Gasteiger partial charge on any atom is -0.458 e. The summed E-state index contributed by atoms with van der Waals surface area (Å²) in [5.41, 5.74) is 1.99. The van der Waals surface area contributed by atoms with E-state index in [2.05, 4.69) is 10.3 Å². The van der Waals surface area contributed by atoms with Gasteiger partial charge in [0.1, 0.15) is 12.6 Å². The Bertz CT molecular complexity index is 1520. The molecular weight excluding hydrogens is 482 g/mol. The molecule has 1 N–H and O–H groups in total. The summed E-state index contributed by atoms with van der Waals surface area (Å²) in [5, 5.41) is 3.68. The molecule has 1 aliphatic heterocycles. The van der Waals surface area contributed by atoms with Gasteiger partial charge in [0.05, 0.1) is 27.9 Å². The SMILES string of the molecule is O=C(OC/C=C/C[C@@H](C(=O)Nc1cccc2cccnc12)N1C(=O)c2ccccc2C1=O)c1ccccc1. The van der Waals surface area contributed by atoms with Crippen molar-refractivity contribution in [3.05, 3.63) is 120 Å². The maximum atomic E-state index is 13.5. The van der Waals surface area contributed by atoms with Crippen LogP contribution in [0.15, 0.2) is 103 Å². The predicted octanol–water partition coefficient (Wildman–Crippen LogP) is 4.64. The maximum Gasteiger partial charge on any atom is 0.338 e. The number of nitrogens with one attached hydrogen (secondary N) is 1. The Labute approximate surface area is 218 Å². The molecule has 0 aliphatic carbocycles. The number of aromatic nitrogens is 1. The third-order valence-corrected chi connectivity index (χ3v) is 6.18. The van der Waals surface area contributed by atoms with E-state index >= 15 is 0 Å². The second kappa shape index (κ2) is 10.9. The molecule has 1 atom stereocenters. The van der Waals surface area contributed by atoms with Gasteiger partial charge in [-0.1, -0.05) is 60.7 Å². The molecule has 1 aliphatic rings. The van der Waals surface area contributed by atoms with Crippen LogP contribution in [0.1, 0.15) is 37.5 Å². The van der Waals surface area contributed by atoms with Crippen molar-refractivity contribution < 1.29 is 23.9 Å². The molecule has 5 rings (SSSR count). The van der Waals surface area contributed by atoms with E-state index in [1.165, 1.54) is 0 Å². The summed E-state index contributed by atoms with van der Waals surface area (Å²) in [4.78, 5) is 57.4. The summed E-state index contributed by atoms with van der Waals surface area (Å²) in [7, 11) is 0. The zero-order valence-corrected chi connectivity index (χ0v) is 20.2. The molecule has 1 aromatic heterocycles. The number of hydrogen-bond acceptors (Lipinski definition) is 6. The lowest BCUT2D eigenvalue weighted by atomic mass is 10.1. The maximum absolute atomic E-state index is 13.5. The van der Waals surface area contributed by atoms with Crippen molar-refractivity contribution in [3.8, 4) is 0 Å². The Morgan fingerprint density at radius 1 is 0.842 bits per heavy atom. The fraction of sp³-hybridized carbons (Fsp3) is 0.100. The molecule has 0 unspecified atom stereocenters. The van der Waals surface area contributed by atoms with E-state index in [9.17, 15) is 19.2 Å². The Morgan fingerprint density at radius 3 is 2.26 bits per heavy atom. The molecule has 38 heavy (non-hydrogen) atoms. The fourth-order valence-corrected chi connectivity index (χ4v) is 4.32. The van der Waals surface area contributed by atoms with Crippen LogP contribution in [0.2, 0.25) is 0 Å². The number of carbonyl (C=O) groups is 4. The molecule has 0 bridgehead atoms. The Hall–Kier alpha value is -5.11. The highest BCUT2D eigenvalue weighted by atomic mass is 16.5. The highest BCUT2D eigenvalue weighted by Crippen LogP contribution is 2.27. The second-order valence-corrected chi connectivity index (χ2v) is 8.58. The second-order valence-electron chi connectivity index (χ2n) is 8.58. The average Bonchev–Trinajstić information content (AvgIpc) is 3.20. The van der Waals surface area contributed by atoms with Crippen molar-refractivity contribution in [2.75, 3.05) is 11.9 Å². The largest absolute Gasteiger partial charge is 0.458 e. The monoisotopic (exact) mass is 505 g/mol. The van der Waals surface area contributed by atoms with E-state index in [1.807, 2.05) is 12.1 Å². The fourth-order valence-electron chi connectivity index (χ4n) is 4.32. The highest BCUT2D eigenvalue weighted by Gasteiger charge is 2.42. The topological polar surface area (TPSA) is 106 Å². The standard InChI is InChI=1S/C30H23N3O5/c34-27(32-24-16-8-12-20-13-9-18-31-26(20)24)25(33-28(35)22-14-4-5-15-23(22)29(33)36)17-6-7-19-38-30(37)21-10-2-1-3-11-21/h1-16,18,25H,17,19H2,(H,32,34)/b7-6+/t25-/m0/s1. The number of ether oxygens (including phenoxy) is 1. The van der Waals surface area contributed by atoms with Crippen LogP contribution in [0.3, 0.4) is 0 Å². The molecule has 2 heterocycles. The molecule has 0 saturated carbocycles. The van der Waals surface area contributed by atoms with Crippen LogP contribution in [0.5, 0.6) is 0 Å². The number of amides is 3. The lowest BCUT2D eigenvalue weighted by Gasteiger charge is -2.24. The molecule has 188 valence electrons. The molecule has 0 fully saturated rings. The quantitative estimate of drug-likeness (QED) is 0.212. The number of para-hydroxylation sites is 1. The van der Waals surface area contributed by atoms with Gasteiger partial charge < -0.3 is 10.1 Å². The van der Waals surface area contributed by atoms with Crippen molar-refractivity contribution >= 4 is 40.3 Å². The number of anilines is 1. The van der Waals surface area contributed by atoms with Gasteiger partial charge in [0.2, 0.25) is 5.91 Å². The number of benzene rings is 3. The number of carbonyl (C=O) groups excluding carboxylic acids is 4. The molecule has 8 heteroatoms. The van der Waals surface area contributed by atoms with Crippen LogP contribution in [0.25, 0.3) is 10.9 Å². The van der Waals surface area contributed by atoms with Crippen LogP contribution < -0.4 is 5.32 Å². The minimum absolute atomic E-state index is 0.0262. The Balaban J connectivity index is 1.35. The summed E-state index contributed by atoms with van der Waals surface area (Å²) in [6.07, 6.45) is 4.85. The van der Waals surface area contributed by atoms with Crippen molar-refractivity contribution in [1.29, 1.82) is 0 Å². The predicted molar refractivity (Wildman–Crippen MR) is 142 cm³/mol. The third-order valence-electron chi connectivity index (χ3n) is 6.18. The molecule has 3 amide bonds. The van der Waals surface area contributed by atoms with Gasteiger partial charge in [-0.15, -0.1) is 0 Å². The first kappa shape index (κ1) is 24.6. The summed E-state index contributed by atoms with van der Waals surface area (Å²) in [6, 6.07) is 23.0. The number of esters is 1. The van der Waals surface area contributed by atoms with Crippen molar-refractivity contribution in [1.82, 2.24) is 9.88 Å². The number of hydrogen-bond donors (Lipinski definition) is 1. The molecule has 8 nitrogen and oxygen atoms in total. The summed E-state index contributed by atoms with van der Waals surface area (Å²) < 4.78 is 5.25. The van der Waals surface area contributed by atoms with E-state index < -0.39 is 29.7 Å². The van der Waals surface area contributed by atoms with Gasteiger partial charge in [-0.25, -0.2) is 4.79 Å². The lowest BCUT2D eigenvalue weighted by Crippen LogP contribution is -2.47. The zero-order chi connectivity index (χ0) is 26.5. The van der Waals surface area contributed by atoms with E-state index in [0.29, 0.717) is 16.8 Å². The molecule has 0 radical (unpaired) electrons. The van der Waals surface area contributed by atoms with Gasteiger partial charge in [0.15, 0.2) is 0 Å². The minimum atomic E-state index is -1.14. The van der Waals surface area contributed by atoms with Crippen LogP contribution in [-0.2, 0) is 9.53 Å². The number of imide groups is 1. The molecule has 4 aromatic rings. The summed E-state index contributed by atoms with van der Waals surface area (Å²) in [6.45, 7) is -0.0303. The third kappa shape index (κ3) is 4.92. The van der Waals surface area contributed by atoms with Gasteiger partial charge in [-0.05, 0) is 42.8 Å². The summed E-state index contributed by atoms with van der Waals surface area (Å²) in [5.74, 6) is -2.09. The van der Waals surface area contributed by atoms with E-state index in [1.54, 1.807) is 91.1 Å². The van der Waals surface area contributed by atoms with Gasteiger partial charge in [-0.2, -0.15) is 0 Å². The van der Waals surface area contributed by atoms with Crippen molar-refractivity contribution in [3.63, 3.8) is 0 Å². The van der Waals surface area contributed by atoms with Crippen LogP contribution in [0, 0.1) is 0 Å². The summed E-state index contributed by atoms with van der Waals surface area (Å²) >= 11 is 0. The number of rotatable bonds is 8. The van der Waals surface area contributed by atoms with E-state index in [-0.39, 0.29) is 24.2 Å². The first-order chi connectivity index (χ1) is 18.5. The molecule has 0 spiro atoms. The highest BCUT2D eigenvalue weighted by molar-refractivity contribution is 6.23. The number of nitrogens with zero attached hydrogens (tertiary/aromatic N) is 2. The van der Waals surface area contributed by atoms with Crippen molar-refractivity contribution in [2.45, 2.75) is 12.5 Å². The Morgan fingerprint density at radius 2 is 1.53 bits per heavy atom. The zero-order valence-electron chi connectivity index (χ0n) is 20.2. The number of pyridine rings is 1. The van der Waals surface area contributed by atoms with Crippen LogP contribution in [-0.4, -0.2) is 46.2 Å². The first-order valence-electron chi connectivity index (χ1n) is 12.0. The van der Waals surface area contributed by atoms with Gasteiger partial charge >= 0.3 is 5.97 Å². The van der Waals surface area contributed by atoms with E-state index in [0.717, 1.165) is 10.3 Å².